The van der Waals surface area contributed by atoms with Gasteiger partial charge in [0.15, 0.2) is 0 Å². The first-order chi connectivity index (χ1) is 14.1. The maximum atomic E-state index is 9.24. The maximum Gasteiger partial charge on any atom is 0.0618 e. The van der Waals surface area contributed by atoms with Gasteiger partial charge in [-0.2, -0.15) is 0 Å². The Balaban J connectivity index is 1.51. The van der Waals surface area contributed by atoms with E-state index >= 15 is 0 Å². The minimum atomic E-state index is 0.105. The molecule has 1 spiro atoms. The minimum absolute atomic E-state index is 0.105. The lowest BCUT2D eigenvalue weighted by atomic mass is 9.88. The van der Waals surface area contributed by atoms with Crippen LogP contribution in [-0.2, 0) is 12.8 Å². The topological polar surface area (TPSA) is 23.2 Å². The molecule has 0 amide bonds. The molecule has 4 rings (SSSR count). The summed E-state index contributed by atoms with van der Waals surface area (Å²) in [6.07, 6.45) is 15.9. The maximum absolute atomic E-state index is 9.24. The number of fused-ring (bicyclic) bond motifs is 1. The first-order valence-electron chi connectivity index (χ1n) is 11.3. The highest BCUT2D eigenvalue weighted by Gasteiger charge is 2.53. The molecule has 1 saturated heterocycles. The molecule has 1 heterocycles. The molecule has 2 aliphatic carbocycles. The quantitative estimate of drug-likeness (QED) is 0.458. The molecule has 0 unspecified atom stereocenters. The monoisotopic (exact) mass is 389 g/mol. The summed E-state index contributed by atoms with van der Waals surface area (Å²) in [5.41, 5.74) is 9.99. The lowest BCUT2D eigenvalue weighted by Gasteiger charge is -2.25. The highest BCUT2D eigenvalue weighted by Crippen LogP contribution is 2.51. The van der Waals surface area contributed by atoms with E-state index in [4.69, 9.17) is 0 Å². The van der Waals surface area contributed by atoms with Crippen LogP contribution >= 0.6 is 0 Å². The summed E-state index contributed by atoms with van der Waals surface area (Å²) in [5.74, 6) is 0. The molecule has 2 heteroatoms. The van der Waals surface area contributed by atoms with E-state index in [2.05, 4.69) is 42.7 Å². The van der Waals surface area contributed by atoms with E-state index in [9.17, 15) is 5.11 Å². The Morgan fingerprint density at radius 2 is 2.03 bits per heavy atom. The number of rotatable bonds is 7. The van der Waals surface area contributed by atoms with Crippen molar-refractivity contribution >= 4 is 5.57 Å². The number of nitrogens with zero attached hydrogens (tertiary/aromatic N) is 1. The van der Waals surface area contributed by atoms with Crippen LogP contribution in [0.1, 0.15) is 69.1 Å². The van der Waals surface area contributed by atoms with Gasteiger partial charge in [0.2, 0.25) is 0 Å². The normalized spacial score (nSPS) is 20.7. The molecule has 3 aliphatic rings. The first-order valence-corrected chi connectivity index (χ1v) is 11.3. The van der Waals surface area contributed by atoms with Crippen LogP contribution in [0.4, 0.5) is 0 Å². The molecule has 154 valence electrons. The summed E-state index contributed by atoms with van der Waals surface area (Å²) in [7, 11) is 0. The van der Waals surface area contributed by atoms with Crippen molar-refractivity contribution in [1.82, 2.24) is 4.90 Å². The Labute approximate surface area is 176 Å². The number of hydrogen-bond acceptors (Lipinski definition) is 2. The van der Waals surface area contributed by atoms with Crippen molar-refractivity contribution in [3.8, 4) is 0 Å². The van der Waals surface area contributed by atoms with Gasteiger partial charge in [0.05, 0.1) is 12.1 Å². The summed E-state index contributed by atoms with van der Waals surface area (Å²) >= 11 is 0. The van der Waals surface area contributed by atoms with E-state index in [1.807, 2.05) is 19.1 Å². The second-order valence-electron chi connectivity index (χ2n) is 9.10. The van der Waals surface area contributed by atoms with Crippen LogP contribution in [0.15, 0.2) is 59.8 Å². The van der Waals surface area contributed by atoms with Crippen LogP contribution in [0, 0.1) is 0 Å². The van der Waals surface area contributed by atoms with Gasteiger partial charge in [-0.05, 0) is 68.2 Å². The standard InChI is InChI=1S/C27H35NO/c1-4-8-22(13-16-29)9-10-23-11-12-24-17-20(2)26(25(24)18-23)21(3)28-19-27(28)14-6-5-7-15-27/h4,8,11-13,18,29H,3,5-7,9-10,14-17,19H2,1-2H3/b8-4-,22-13+. The number of hydrogen-bond donors (Lipinski definition) is 1. The first kappa shape index (κ1) is 20.2. The third kappa shape index (κ3) is 4.00. The number of aliphatic hydroxyl groups excluding tert-OH is 1. The largest absolute Gasteiger partial charge is 0.392 e. The zero-order valence-corrected chi connectivity index (χ0v) is 18.1. The third-order valence-electron chi connectivity index (χ3n) is 7.08. The van der Waals surface area contributed by atoms with Crippen molar-refractivity contribution in [2.45, 2.75) is 70.8 Å². The van der Waals surface area contributed by atoms with E-state index < -0.39 is 0 Å². The molecule has 1 N–H and O–H groups in total. The molecule has 1 aromatic carbocycles. The molecule has 0 aromatic heterocycles. The van der Waals surface area contributed by atoms with Gasteiger partial charge < -0.3 is 10.0 Å². The highest BCUT2D eigenvalue weighted by molar-refractivity contribution is 5.86. The number of benzene rings is 1. The lowest BCUT2D eigenvalue weighted by molar-refractivity contribution is 0.341. The fraction of sp³-hybridized carbons (Fsp3) is 0.481. The zero-order chi connectivity index (χ0) is 20.4. The van der Waals surface area contributed by atoms with Crippen LogP contribution in [-0.4, -0.2) is 28.7 Å². The van der Waals surface area contributed by atoms with Crippen molar-refractivity contribution in [2.75, 3.05) is 13.2 Å². The van der Waals surface area contributed by atoms with E-state index in [0.717, 1.165) is 19.3 Å². The Morgan fingerprint density at radius 1 is 1.24 bits per heavy atom. The SMILES string of the molecule is C=C(C1=C(C)Cc2ccc(CCC(/C=C\C)=C/CO)cc21)N1CC12CCCCC2. The number of aryl methyl sites for hydroxylation is 1. The molecule has 0 bridgehead atoms. The third-order valence-corrected chi connectivity index (χ3v) is 7.08. The summed E-state index contributed by atoms with van der Waals surface area (Å²) in [6.45, 7) is 10.2. The average molecular weight is 390 g/mol. The van der Waals surface area contributed by atoms with Crippen LogP contribution in [0.2, 0.25) is 0 Å². The van der Waals surface area contributed by atoms with Crippen molar-refractivity contribution in [3.63, 3.8) is 0 Å². The predicted molar refractivity (Wildman–Crippen MR) is 123 cm³/mol. The Morgan fingerprint density at radius 3 is 2.76 bits per heavy atom. The summed E-state index contributed by atoms with van der Waals surface area (Å²) in [5, 5.41) is 9.24. The van der Waals surface area contributed by atoms with E-state index in [0.29, 0.717) is 5.54 Å². The van der Waals surface area contributed by atoms with Crippen LogP contribution in [0.3, 0.4) is 0 Å². The molecule has 29 heavy (non-hydrogen) atoms. The van der Waals surface area contributed by atoms with E-state index in [1.54, 1.807) is 0 Å². The van der Waals surface area contributed by atoms with Gasteiger partial charge in [-0.3, -0.25) is 0 Å². The summed E-state index contributed by atoms with van der Waals surface area (Å²) in [6, 6.07) is 7.00. The fourth-order valence-electron chi connectivity index (χ4n) is 5.46. The molecular formula is C27H35NO. The van der Waals surface area contributed by atoms with Gasteiger partial charge in [0, 0.05) is 17.8 Å². The lowest BCUT2D eigenvalue weighted by Crippen LogP contribution is -2.21. The van der Waals surface area contributed by atoms with Crippen molar-refractivity contribution < 1.29 is 5.11 Å². The Hall–Kier alpha value is -2.06. The summed E-state index contributed by atoms with van der Waals surface area (Å²) in [4.78, 5) is 2.60. The molecule has 0 atom stereocenters. The van der Waals surface area contributed by atoms with Gasteiger partial charge in [-0.25, -0.2) is 0 Å². The van der Waals surface area contributed by atoms with Crippen LogP contribution < -0.4 is 0 Å². The fourth-order valence-corrected chi connectivity index (χ4v) is 5.46. The Bertz CT molecular complexity index is 880. The van der Waals surface area contributed by atoms with Crippen molar-refractivity contribution in [1.29, 1.82) is 0 Å². The smallest absolute Gasteiger partial charge is 0.0618 e. The van der Waals surface area contributed by atoms with Gasteiger partial charge in [0.25, 0.3) is 0 Å². The average Bonchev–Trinajstić information content (AvgIpc) is 3.30. The second kappa shape index (κ2) is 8.36. The summed E-state index contributed by atoms with van der Waals surface area (Å²) < 4.78 is 0. The van der Waals surface area contributed by atoms with E-state index in [1.165, 1.54) is 77.8 Å². The predicted octanol–water partition coefficient (Wildman–Crippen LogP) is 5.98. The van der Waals surface area contributed by atoms with Crippen LogP contribution in [0.5, 0.6) is 0 Å². The van der Waals surface area contributed by atoms with Crippen molar-refractivity contribution in [2.24, 2.45) is 0 Å². The Kier molecular flexibility index (Phi) is 5.83. The molecule has 1 aliphatic heterocycles. The molecular weight excluding hydrogens is 354 g/mol. The van der Waals surface area contributed by atoms with Gasteiger partial charge in [-0.1, -0.05) is 67.8 Å². The second-order valence-corrected chi connectivity index (χ2v) is 9.10. The molecule has 2 nitrogen and oxygen atoms in total. The highest BCUT2D eigenvalue weighted by atomic mass is 16.2. The van der Waals surface area contributed by atoms with Gasteiger partial charge in [-0.15, -0.1) is 0 Å². The van der Waals surface area contributed by atoms with Gasteiger partial charge >= 0.3 is 0 Å². The van der Waals surface area contributed by atoms with Crippen molar-refractivity contribution in [3.05, 3.63) is 76.5 Å². The molecule has 0 radical (unpaired) electrons. The van der Waals surface area contributed by atoms with E-state index in [-0.39, 0.29) is 6.61 Å². The number of aliphatic hydroxyl groups is 1. The number of allylic oxidation sites excluding steroid dienone is 5. The molecule has 1 aromatic rings. The minimum Gasteiger partial charge on any atom is -0.392 e. The molecule has 2 fully saturated rings. The molecule has 1 saturated carbocycles. The van der Waals surface area contributed by atoms with Crippen LogP contribution in [0.25, 0.3) is 5.57 Å². The van der Waals surface area contributed by atoms with Gasteiger partial charge in [0.1, 0.15) is 0 Å². The zero-order valence-electron chi connectivity index (χ0n) is 18.1.